The molecule has 0 spiro atoms. The number of carbonyl (C=O) groups is 2. The van der Waals surface area contributed by atoms with Gasteiger partial charge in [-0.3, -0.25) is 9.59 Å². The molecule has 0 bridgehead atoms. The molecule has 2 aromatic rings. The van der Waals surface area contributed by atoms with E-state index in [1.807, 2.05) is 0 Å². The number of allylic oxidation sites excluding steroid dienone is 4. The Balaban J connectivity index is 1.95. The van der Waals surface area contributed by atoms with E-state index in [0.717, 1.165) is 0 Å². The van der Waals surface area contributed by atoms with Crippen LogP contribution in [0.5, 0.6) is 23.0 Å². The Labute approximate surface area is 230 Å². The lowest BCUT2D eigenvalue weighted by atomic mass is 9.56. The first-order chi connectivity index (χ1) is 19.0. The van der Waals surface area contributed by atoms with Crippen LogP contribution in [0.25, 0.3) is 11.1 Å². The summed E-state index contributed by atoms with van der Waals surface area (Å²) in [6.45, 7) is 3.12. The number of carbonyl (C=O) groups excluding carboxylic acids is 2. The van der Waals surface area contributed by atoms with Gasteiger partial charge in [-0.2, -0.15) is 0 Å². The highest BCUT2D eigenvalue weighted by Crippen LogP contribution is 2.69. The van der Waals surface area contributed by atoms with Crippen LogP contribution in [-0.2, 0) is 9.47 Å². The Morgan fingerprint density at radius 3 is 1.23 bits per heavy atom. The van der Waals surface area contributed by atoms with Crippen molar-refractivity contribution in [1.29, 1.82) is 0 Å². The minimum atomic E-state index is -1.08. The first-order valence-electron chi connectivity index (χ1n) is 12.9. The summed E-state index contributed by atoms with van der Waals surface area (Å²) in [7, 11) is 5.57. The molecular weight excluding hydrogens is 520 g/mol. The molecule has 6 rings (SSSR count). The van der Waals surface area contributed by atoms with Crippen LogP contribution >= 0.6 is 0 Å². The number of phenolic OH excluding ortho intramolecular Hbond substituents is 2. The van der Waals surface area contributed by atoms with Crippen molar-refractivity contribution in [3.63, 3.8) is 0 Å². The second kappa shape index (κ2) is 8.74. The molecule has 4 aliphatic rings. The second-order valence-electron chi connectivity index (χ2n) is 10.6. The van der Waals surface area contributed by atoms with E-state index in [4.69, 9.17) is 18.9 Å². The third-order valence-electron chi connectivity index (χ3n) is 8.84. The van der Waals surface area contributed by atoms with Gasteiger partial charge in [-0.1, -0.05) is 0 Å². The molecule has 4 N–H and O–H groups in total. The van der Waals surface area contributed by atoms with Gasteiger partial charge in [-0.25, -0.2) is 0 Å². The maximum atomic E-state index is 13.5. The summed E-state index contributed by atoms with van der Waals surface area (Å²) in [5.41, 5.74) is 2.61. The van der Waals surface area contributed by atoms with Crippen molar-refractivity contribution in [2.75, 3.05) is 28.4 Å². The first-order valence-corrected chi connectivity index (χ1v) is 12.9. The maximum absolute atomic E-state index is 13.5. The van der Waals surface area contributed by atoms with E-state index in [2.05, 4.69) is 0 Å². The number of hydrogen-bond donors (Lipinski definition) is 4. The molecule has 0 fully saturated rings. The maximum Gasteiger partial charge on any atom is 0.193 e. The number of hydrogen-bond acceptors (Lipinski definition) is 10. The van der Waals surface area contributed by atoms with Crippen molar-refractivity contribution in [2.45, 2.75) is 49.7 Å². The third-order valence-corrected chi connectivity index (χ3v) is 8.84. The van der Waals surface area contributed by atoms with Gasteiger partial charge in [0, 0.05) is 35.1 Å². The summed E-state index contributed by atoms with van der Waals surface area (Å²) in [6.07, 6.45) is 0.430. The number of aliphatic hydroxyl groups is 2. The monoisotopic (exact) mass is 550 g/mol. The molecule has 6 atom stereocenters. The van der Waals surface area contributed by atoms with Crippen molar-refractivity contribution < 1.29 is 49.0 Å². The molecule has 0 radical (unpaired) electrons. The van der Waals surface area contributed by atoms with E-state index in [-0.39, 0.29) is 45.6 Å². The van der Waals surface area contributed by atoms with Crippen LogP contribution in [0.3, 0.4) is 0 Å². The summed E-state index contributed by atoms with van der Waals surface area (Å²) in [5, 5.41) is 45.5. The van der Waals surface area contributed by atoms with E-state index in [1.54, 1.807) is 13.8 Å². The van der Waals surface area contributed by atoms with E-state index in [0.29, 0.717) is 33.4 Å². The van der Waals surface area contributed by atoms with Crippen LogP contribution in [0.4, 0.5) is 0 Å². The average molecular weight is 551 g/mol. The number of ketones is 2. The highest BCUT2D eigenvalue weighted by Gasteiger charge is 2.56. The molecule has 10 nitrogen and oxygen atoms in total. The molecule has 0 heterocycles. The van der Waals surface area contributed by atoms with Gasteiger partial charge in [0.25, 0.3) is 0 Å². The summed E-state index contributed by atoms with van der Waals surface area (Å²) >= 11 is 0. The minimum absolute atomic E-state index is 0.0128. The van der Waals surface area contributed by atoms with Gasteiger partial charge < -0.3 is 39.4 Å². The summed E-state index contributed by atoms with van der Waals surface area (Å²) in [5.74, 6) is -4.42. The zero-order valence-electron chi connectivity index (χ0n) is 22.9. The Kier molecular flexibility index (Phi) is 5.73. The number of methoxy groups -OCH3 is 4. The van der Waals surface area contributed by atoms with Crippen molar-refractivity contribution in [2.24, 2.45) is 0 Å². The fraction of sp³-hybridized carbons (Fsp3) is 0.400. The molecule has 0 aliphatic heterocycles. The van der Waals surface area contributed by atoms with Gasteiger partial charge in [0.1, 0.15) is 11.5 Å². The fourth-order valence-corrected chi connectivity index (χ4v) is 7.56. The summed E-state index contributed by atoms with van der Waals surface area (Å²) in [6, 6.07) is 0. The number of phenols is 2. The van der Waals surface area contributed by atoms with Crippen LogP contribution in [0.2, 0.25) is 0 Å². The molecule has 2 aromatic carbocycles. The third kappa shape index (κ3) is 2.95. The normalized spacial score (nSPS) is 24.9. The lowest BCUT2D eigenvalue weighted by Gasteiger charge is -2.49. The first kappa shape index (κ1) is 26.2. The molecule has 40 heavy (non-hydrogen) atoms. The average Bonchev–Trinajstić information content (AvgIpc) is 2.91. The number of aliphatic hydroxyl groups excluding tert-OH is 2. The molecule has 10 heteroatoms. The lowest BCUT2D eigenvalue weighted by molar-refractivity contribution is 0.0864. The van der Waals surface area contributed by atoms with Gasteiger partial charge in [0.2, 0.25) is 0 Å². The van der Waals surface area contributed by atoms with Gasteiger partial charge in [0.15, 0.2) is 34.6 Å². The van der Waals surface area contributed by atoms with E-state index >= 15 is 0 Å². The van der Waals surface area contributed by atoms with E-state index < -0.39 is 47.4 Å². The zero-order chi connectivity index (χ0) is 28.9. The minimum Gasteiger partial charge on any atom is -0.504 e. The Morgan fingerprint density at radius 2 is 0.950 bits per heavy atom. The molecule has 6 unspecified atom stereocenters. The molecular formula is C30H30O10. The predicted octanol–water partition coefficient (Wildman–Crippen LogP) is 3.36. The van der Waals surface area contributed by atoms with Crippen LogP contribution in [0.15, 0.2) is 23.7 Å². The van der Waals surface area contributed by atoms with E-state index in [9.17, 15) is 30.0 Å². The second-order valence-corrected chi connectivity index (χ2v) is 10.6. The SMILES string of the molecule is COC1=CC(=O)c2c(O)c(OC)c3c4c2C1C1C(OC)=CC(=O)c2c(O)c(OC)c(c-4c21)C(C(C)O)C3C(C)O. The van der Waals surface area contributed by atoms with Gasteiger partial charge in [0.05, 0.1) is 63.6 Å². The summed E-state index contributed by atoms with van der Waals surface area (Å²) in [4.78, 5) is 27.1. The topological polar surface area (TPSA) is 152 Å². The van der Waals surface area contributed by atoms with Crippen LogP contribution in [0, 0.1) is 0 Å². The molecule has 4 aliphatic carbocycles. The molecule has 0 saturated heterocycles. The highest BCUT2D eigenvalue weighted by atomic mass is 16.5. The number of aromatic hydroxyl groups is 2. The van der Waals surface area contributed by atoms with E-state index in [1.165, 1.54) is 40.6 Å². The van der Waals surface area contributed by atoms with Crippen molar-refractivity contribution in [3.8, 4) is 34.1 Å². The Bertz CT molecular complexity index is 1460. The van der Waals surface area contributed by atoms with Crippen LogP contribution in [0.1, 0.15) is 80.5 Å². The Morgan fingerprint density at radius 1 is 0.600 bits per heavy atom. The van der Waals surface area contributed by atoms with Crippen molar-refractivity contribution >= 4 is 11.6 Å². The quantitative estimate of drug-likeness (QED) is 0.421. The smallest absolute Gasteiger partial charge is 0.193 e. The van der Waals surface area contributed by atoms with Crippen LogP contribution < -0.4 is 9.47 Å². The molecule has 0 aromatic heterocycles. The fourth-order valence-electron chi connectivity index (χ4n) is 7.56. The number of benzene rings is 2. The van der Waals surface area contributed by atoms with Crippen molar-refractivity contribution in [3.05, 3.63) is 57.1 Å². The predicted molar refractivity (Wildman–Crippen MR) is 141 cm³/mol. The standard InChI is InChI=1S/C30H30O10/c1-9(31)15-16(10(2)32)26-24-22-18(28(36)30(26)40-6)12(34)8-14(38-4)20(22)19-13(37-3)7-11(33)17-21(19)23(24)25(15)29(39-5)27(17)35/h7-10,15-16,19-20,31-32,35-36H,1-6H3. The summed E-state index contributed by atoms with van der Waals surface area (Å²) < 4.78 is 22.8. The van der Waals surface area contributed by atoms with Gasteiger partial charge in [-0.05, 0) is 36.1 Å². The molecule has 0 saturated carbocycles. The number of ether oxygens (including phenoxy) is 4. The zero-order valence-corrected chi connectivity index (χ0v) is 22.9. The van der Waals surface area contributed by atoms with Gasteiger partial charge in [-0.15, -0.1) is 0 Å². The van der Waals surface area contributed by atoms with Crippen LogP contribution in [-0.4, -0.2) is 72.6 Å². The molecule has 0 amide bonds. The lowest BCUT2D eigenvalue weighted by Crippen LogP contribution is -2.39. The Hall–Kier alpha value is -4.02. The highest BCUT2D eigenvalue weighted by molar-refractivity contribution is 6.16. The number of rotatable bonds is 6. The molecule has 210 valence electrons. The largest absolute Gasteiger partial charge is 0.504 e. The van der Waals surface area contributed by atoms with Crippen molar-refractivity contribution in [1.82, 2.24) is 0 Å². The number of fused-ring (bicyclic) bond motifs is 1. The van der Waals surface area contributed by atoms with Gasteiger partial charge >= 0.3 is 0 Å².